The van der Waals surface area contributed by atoms with Crippen LogP contribution in [0, 0.1) is 0 Å². The number of hydrogen-bond acceptors (Lipinski definition) is 9. The molecule has 1 aromatic carbocycles. The fourth-order valence-electron chi connectivity index (χ4n) is 5.24. The third-order valence-corrected chi connectivity index (χ3v) is 7.56. The summed E-state index contributed by atoms with van der Waals surface area (Å²) >= 11 is 0. The van der Waals surface area contributed by atoms with E-state index in [-0.39, 0.29) is 41.9 Å². The Morgan fingerprint density at radius 1 is 1.10 bits per heavy atom. The van der Waals surface area contributed by atoms with Gasteiger partial charge in [0.2, 0.25) is 5.95 Å². The molecular formula is C27H32F3N7O4. The number of rotatable bonds is 8. The van der Waals surface area contributed by atoms with Crippen molar-refractivity contribution < 1.29 is 32.2 Å². The molecule has 0 radical (unpaired) electrons. The summed E-state index contributed by atoms with van der Waals surface area (Å²) in [4.78, 5) is 29.0. The highest BCUT2D eigenvalue weighted by atomic mass is 19.4. The van der Waals surface area contributed by atoms with Crippen LogP contribution in [0.25, 0.3) is 11.0 Å². The van der Waals surface area contributed by atoms with E-state index in [1.807, 2.05) is 11.8 Å². The van der Waals surface area contributed by atoms with Gasteiger partial charge >= 0.3 is 6.18 Å². The molecule has 0 bridgehead atoms. The van der Waals surface area contributed by atoms with Gasteiger partial charge in [-0.3, -0.25) is 9.69 Å². The van der Waals surface area contributed by atoms with Gasteiger partial charge in [0.05, 0.1) is 41.5 Å². The fraction of sp³-hybridized carbons (Fsp3) is 0.519. The molecule has 6 rings (SSSR count). The van der Waals surface area contributed by atoms with Crippen LogP contribution in [-0.2, 0) is 10.9 Å². The van der Waals surface area contributed by atoms with E-state index in [1.165, 1.54) is 0 Å². The summed E-state index contributed by atoms with van der Waals surface area (Å²) in [6, 6.07) is 3.77. The number of H-pyrrole nitrogens is 1. The van der Waals surface area contributed by atoms with E-state index in [2.05, 4.69) is 30.5 Å². The van der Waals surface area contributed by atoms with Crippen molar-refractivity contribution >= 4 is 34.4 Å². The third-order valence-electron chi connectivity index (χ3n) is 7.56. The van der Waals surface area contributed by atoms with E-state index in [0.717, 1.165) is 45.3 Å². The quantitative estimate of drug-likeness (QED) is 0.344. The van der Waals surface area contributed by atoms with E-state index in [0.29, 0.717) is 48.4 Å². The van der Waals surface area contributed by atoms with Crippen molar-refractivity contribution in [1.82, 2.24) is 24.8 Å². The number of fused-ring (bicyclic) bond motifs is 2. The number of benzene rings is 1. The molecule has 3 aliphatic heterocycles. The van der Waals surface area contributed by atoms with Crippen molar-refractivity contribution in [1.29, 1.82) is 0 Å². The van der Waals surface area contributed by atoms with Gasteiger partial charge in [-0.05, 0) is 18.6 Å². The molecule has 0 aliphatic carbocycles. The van der Waals surface area contributed by atoms with E-state index in [4.69, 9.17) is 14.2 Å². The molecule has 1 amide bonds. The zero-order chi connectivity index (χ0) is 28.6. The van der Waals surface area contributed by atoms with E-state index >= 15 is 0 Å². The minimum absolute atomic E-state index is 0.0410. The highest BCUT2D eigenvalue weighted by Crippen LogP contribution is 2.43. The number of nitrogens with zero attached hydrogens (tertiary/aromatic N) is 4. The number of piperazine rings is 1. The molecule has 3 aliphatic rings. The Morgan fingerprint density at radius 3 is 2.54 bits per heavy atom. The number of amides is 1. The first-order valence-corrected chi connectivity index (χ1v) is 13.8. The fourth-order valence-corrected chi connectivity index (χ4v) is 5.24. The van der Waals surface area contributed by atoms with Crippen LogP contribution in [0.4, 0.5) is 30.6 Å². The summed E-state index contributed by atoms with van der Waals surface area (Å²) in [5.74, 6) is 0.652. The van der Waals surface area contributed by atoms with Crippen LogP contribution in [0.5, 0.6) is 11.5 Å². The average Bonchev–Trinajstić information content (AvgIpc) is 3.38. The van der Waals surface area contributed by atoms with Crippen LogP contribution < -0.4 is 20.1 Å². The summed E-state index contributed by atoms with van der Waals surface area (Å²) in [7, 11) is 0. The summed E-state index contributed by atoms with van der Waals surface area (Å²) in [5.41, 5.74) is 0.0341. The third kappa shape index (κ3) is 5.45. The van der Waals surface area contributed by atoms with Crippen molar-refractivity contribution in [3.63, 3.8) is 0 Å². The van der Waals surface area contributed by atoms with Crippen molar-refractivity contribution in [2.45, 2.75) is 32.0 Å². The average molecular weight is 576 g/mol. The van der Waals surface area contributed by atoms with Gasteiger partial charge in [0, 0.05) is 38.9 Å². The number of nitrogens with one attached hydrogen (secondary N) is 3. The van der Waals surface area contributed by atoms with Gasteiger partial charge < -0.3 is 34.7 Å². The number of aromatic nitrogens is 3. The highest BCUT2D eigenvalue weighted by molar-refractivity contribution is 5.99. The Morgan fingerprint density at radius 2 is 1.85 bits per heavy atom. The van der Waals surface area contributed by atoms with Crippen LogP contribution in [0.2, 0.25) is 0 Å². The second kappa shape index (κ2) is 11.2. The first kappa shape index (κ1) is 27.4. The molecule has 5 heterocycles. The lowest BCUT2D eigenvalue weighted by molar-refractivity contribution is -0.136. The normalized spacial score (nSPS) is 17.9. The highest BCUT2D eigenvalue weighted by Gasteiger charge is 2.36. The topological polar surface area (TPSA) is 117 Å². The summed E-state index contributed by atoms with van der Waals surface area (Å²) in [6.45, 7) is 7.24. The number of hydrogen-bond donors (Lipinski definition) is 3. The molecule has 220 valence electrons. The zero-order valence-electron chi connectivity index (χ0n) is 22.6. The molecule has 3 aromatic rings. The van der Waals surface area contributed by atoms with Crippen LogP contribution in [0.3, 0.4) is 0 Å². The van der Waals surface area contributed by atoms with E-state index in [9.17, 15) is 18.0 Å². The number of carbonyl (C=O) groups excluding carboxylic acids is 1. The number of anilines is 3. The predicted molar refractivity (Wildman–Crippen MR) is 145 cm³/mol. The lowest BCUT2D eigenvalue weighted by Gasteiger charge is -2.42. The molecule has 0 saturated carbocycles. The lowest BCUT2D eigenvalue weighted by atomic mass is 10.1. The lowest BCUT2D eigenvalue weighted by Crippen LogP contribution is -2.57. The van der Waals surface area contributed by atoms with E-state index in [1.54, 1.807) is 12.1 Å². The second-order valence-electron chi connectivity index (χ2n) is 10.3. The number of ether oxygens (including phenoxy) is 3. The van der Waals surface area contributed by atoms with Gasteiger partial charge in [0.25, 0.3) is 5.91 Å². The Kier molecular flexibility index (Phi) is 7.51. The van der Waals surface area contributed by atoms with Gasteiger partial charge in [-0.15, -0.1) is 0 Å². The molecule has 0 spiro atoms. The van der Waals surface area contributed by atoms with Gasteiger partial charge in [-0.1, -0.05) is 13.3 Å². The van der Waals surface area contributed by atoms with Gasteiger partial charge in [-0.25, -0.2) is 0 Å². The largest absolute Gasteiger partial charge is 0.485 e. The first-order chi connectivity index (χ1) is 19.8. The minimum Gasteiger partial charge on any atom is -0.485 e. The van der Waals surface area contributed by atoms with Crippen LogP contribution in [0.15, 0.2) is 18.3 Å². The molecule has 0 atom stereocenters. The number of carbonyl (C=O) groups is 1. The predicted octanol–water partition coefficient (Wildman–Crippen LogP) is 3.86. The van der Waals surface area contributed by atoms with Crippen LogP contribution in [-0.4, -0.2) is 95.9 Å². The maximum Gasteiger partial charge on any atom is 0.418 e. The van der Waals surface area contributed by atoms with Crippen LogP contribution >= 0.6 is 0 Å². The van der Waals surface area contributed by atoms with Crippen molar-refractivity contribution in [2.75, 3.05) is 69.8 Å². The number of unbranched alkanes of at least 4 members (excludes halogenated alkanes) is 1. The Labute approximate surface area is 234 Å². The van der Waals surface area contributed by atoms with Gasteiger partial charge in [0.15, 0.2) is 11.5 Å². The van der Waals surface area contributed by atoms with Gasteiger partial charge in [-0.2, -0.15) is 23.1 Å². The zero-order valence-corrected chi connectivity index (χ0v) is 22.6. The first-order valence-electron chi connectivity index (χ1n) is 13.8. The summed E-state index contributed by atoms with van der Waals surface area (Å²) in [5, 5.41) is 5.97. The Bertz CT molecular complexity index is 1420. The van der Waals surface area contributed by atoms with Gasteiger partial charge in [0.1, 0.15) is 24.7 Å². The number of halogens is 3. The second-order valence-corrected chi connectivity index (χ2v) is 10.3. The van der Waals surface area contributed by atoms with Crippen LogP contribution in [0.1, 0.15) is 35.7 Å². The molecule has 0 unspecified atom stereocenters. The van der Waals surface area contributed by atoms with Crippen molar-refractivity contribution in [2.24, 2.45) is 0 Å². The molecular weight excluding hydrogens is 543 g/mol. The summed E-state index contributed by atoms with van der Waals surface area (Å²) in [6.07, 6.45) is -2.04. The molecule has 11 nitrogen and oxygen atoms in total. The van der Waals surface area contributed by atoms with Crippen molar-refractivity contribution in [3.05, 3.63) is 29.5 Å². The monoisotopic (exact) mass is 575 g/mol. The Balaban J connectivity index is 1.27. The van der Waals surface area contributed by atoms with E-state index < -0.39 is 11.7 Å². The molecule has 3 N–H and O–H groups in total. The molecule has 2 saturated heterocycles. The molecule has 2 fully saturated rings. The maximum absolute atomic E-state index is 13.7. The number of alkyl halides is 3. The Hall–Kier alpha value is -3.78. The summed E-state index contributed by atoms with van der Waals surface area (Å²) < 4.78 is 58.2. The molecule has 41 heavy (non-hydrogen) atoms. The smallest absolute Gasteiger partial charge is 0.418 e. The SMILES string of the molecule is CCCCNc1nc(Nc2ccc(C(=O)N3CCN(C4COC4)CC3)c3c2OCCO3)nc2[nH]cc(C(F)(F)F)c12. The maximum atomic E-state index is 13.7. The standard InChI is InChI=1S/C27H32F3N7O4/c1-2-3-6-31-23-20-18(27(28,29)30)13-32-24(20)35-26(34-23)33-19-5-4-17(21-22(19)41-12-11-40-21)25(38)37-9-7-36(8-10-37)16-14-39-15-16/h4-5,13,16H,2-3,6-12,14-15H2,1H3,(H3,31,32,33,34,35). The minimum atomic E-state index is -4.57. The number of aromatic amines is 1. The molecule has 2 aromatic heterocycles. The van der Waals surface area contributed by atoms with Crippen molar-refractivity contribution in [3.8, 4) is 11.5 Å². The molecule has 14 heteroatoms.